The third-order valence-electron chi connectivity index (χ3n) is 10.1. The third kappa shape index (κ3) is 8.69. The largest absolute Gasteiger partial charge is 0.354 e. The summed E-state index contributed by atoms with van der Waals surface area (Å²) in [6.07, 6.45) is 0. The Balaban J connectivity index is 1.55. The van der Waals surface area contributed by atoms with E-state index in [0.29, 0.717) is 5.02 Å². The molecule has 6 rings (SSSR count). The van der Waals surface area contributed by atoms with Gasteiger partial charge in [0.2, 0.25) is 0 Å². The zero-order valence-corrected chi connectivity index (χ0v) is 34.7. The Morgan fingerprint density at radius 3 is 1.30 bits per heavy atom. The van der Waals surface area contributed by atoms with Gasteiger partial charge in [0.1, 0.15) is 0 Å². The fraction of sp³-hybridized carbons (Fsp3) is 0.280. The molecule has 0 aliphatic carbocycles. The Hall–Kier alpha value is -4.99. The SMILES string of the molecule is Cc1ccc(N(c2ccc(C)cc2)c2cccc(N(c3ccc(C(C)(C)C)cc3)c3cc(C(C)(C)C)cc(Nc4ccc(C(C)(C)C)cc4)c3Cl)c2)cc1. The quantitative estimate of drug-likeness (QED) is 0.168. The van der Waals surface area contributed by atoms with Gasteiger partial charge in [0.25, 0.3) is 0 Å². The second-order valence-electron chi connectivity index (χ2n) is 17.7. The maximum atomic E-state index is 7.59. The Bertz CT molecular complexity index is 2150. The molecule has 0 saturated heterocycles. The first-order valence-electron chi connectivity index (χ1n) is 19.0. The molecule has 54 heavy (non-hydrogen) atoms. The van der Waals surface area contributed by atoms with Crippen molar-refractivity contribution < 1.29 is 0 Å². The van der Waals surface area contributed by atoms with Gasteiger partial charge in [-0.25, -0.2) is 0 Å². The fourth-order valence-electron chi connectivity index (χ4n) is 6.65. The second kappa shape index (κ2) is 15.0. The third-order valence-corrected chi connectivity index (χ3v) is 10.5. The summed E-state index contributed by atoms with van der Waals surface area (Å²) >= 11 is 7.59. The Morgan fingerprint density at radius 2 is 0.833 bits per heavy atom. The van der Waals surface area contributed by atoms with E-state index in [1.54, 1.807) is 0 Å². The van der Waals surface area contributed by atoms with Gasteiger partial charge in [0, 0.05) is 34.1 Å². The van der Waals surface area contributed by atoms with Crippen LogP contribution in [0.2, 0.25) is 5.02 Å². The minimum Gasteiger partial charge on any atom is -0.354 e. The van der Waals surface area contributed by atoms with Gasteiger partial charge in [-0.3, -0.25) is 0 Å². The number of halogens is 1. The predicted octanol–water partition coefficient (Wildman–Crippen LogP) is 15.5. The predicted molar refractivity (Wildman–Crippen MR) is 236 cm³/mol. The molecule has 0 amide bonds. The molecule has 278 valence electrons. The van der Waals surface area contributed by atoms with Crippen LogP contribution in [0.1, 0.15) is 90.1 Å². The molecule has 0 aromatic heterocycles. The molecule has 4 heteroatoms. The highest BCUT2D eigenvalue weighted by molar-refractivity contribution is 6.36. The molecule has 0 saturated carbocycles. The van der Waals surface area contributed by atoms with E-state index in [2.05, 4.69) is 225 Å². The van der Waals surface area contributed by atoms with Crippen molar-refractivity contribution >= 4 is 57.1 Å². The monoisotopic (exact) mass is 733 g/mol. The smallest absolute Gasteiger partial charge is 0.0881 e. The van der Waals surface area contributed by atoms with Crippen LogP contribution in [-0.4, -0.2) is 0 Å². The summed E-state index contributed by atoms with van der Waals surface area (Å²) in [5.41, 5.74) is 14.2. The summed E-state index contributed by atoms with van der Waals surface area (Å²) < 4.78 is 0. The van der Waals surface area contributed by atoms with Crippen molar-refractivity contribution in [3.8, 4) is 0 Å². The van der Waals surface area contributed by atoms with Crippen molar-refractivity contribution in [1.82, 2.24) is 0 Å². The minimum absolute atomic E-state index is 0.0231. The molecule has 3 nitrogen and oxygen atoms in total. The molecule has 0 heterocycles. The standard InChI is InChI=1S/C50H56ClN3/c1-34-15-25-40(26-16-34)53(41-27-17-35(2)18-28-41)43-13-12-14-44(33-43)54(42-29-21-37(22-30-42)49(6,7)8)46-32-38(50(9,10)11)31-45(47(46)51)52-39-23-19-36(20-24-39)48(3,4)5/h12-33,52H,1-11H3. The maximum Gasteiger partial charge on any atom is 0.0881 e. The van der Waals surface area contributed by atoms with E-state index in [4.69, 9.17) is 11.6 Å². The normalized spacial score (nSPS) is 12.1. The molecule has 6 aromatic carbocycles. The number of aryl methyl sites for hydroxylation is 2. The van der Waals surface area contributed by atoms with Gasteiger partial charge in [-0.15, -0.1) is 0 Å². The second-order valence-corrected chi connectivity index (χ2v) is 18.1. The Morgan fingerprint density at radius 1 is 0.426 bits per heavy atom. The van der Waals surface area contributed by atoms with E-state index >= 15 is 0 Å². The molecule has 0 aliphatic rings. The van der Waals surface area contributed by atoms with E-state index in [-0.39, 0.29) is 16.2 Å². The van der Waals surface area contributed by atoms with Gasteiger partial charge in [-0.2, -0.15) is 0 Å². The van der Waals surface area contributed by atoms with Gasteiger partial charge in [-0.05, 0) is 126 Å². The first kappa shape index (κ1) is 38.7. The number of nitrogens with zero attached hydrogens (tertiary/aromatic N) is 2. The highest BCUT2D eigenvalue weighted by Gasteiger charge is 2.25. The topological polar surface area (TPSA) is 18.5 Å². The van der Waals surface area contributed by atoms with Crippen molar-refractivity contribution in [2.24, 2.45) is 0 Å². The average molecular weight is 734 g/mol. The first-order valence-corrected chi connectivity index (χ1v) is 19.4. The number of nitrogens with one attached hydrogen (secondary N) is 1. The van der Waals surface area contributed by atoms with Crippen LogP contribution in [0.25, 0.3) is 0 Å². The van der Waals surface area contributed by atoms with Gasteiger partial charge >= 0.3 is 0 Å². The number of rotatable bonds is 8. The summed E-state index contributed by atoms with van der Waals surface area (Å²) in [5, 5.41) is 4.36. The Labute approximate surface area is 329 Å². The van der Waals surface area contributed by atoms with Crippen LogP contribution in [0.15, 0.2) is 133 Å². The molecule has 0 bridgehead atoms. The van der Waals surface area contributed by atoms with Crippen LogP contribution in [0.4, 0.5) is 45.5 Å². The van der Waals surface area contributed by atoms with E-state index in [0.717, 1.165) is 45.5 Å². The molecular weight excluding hydrogens is 678 g/mol. The van der Waals surface area contributed by atoms with Crippen molar-refractivity contribution in [2.75, 3.05) is 15.1 Å². The average Bonchev–Trinajstić information content (AvgIpc) is 3.11. The maximum absolute atomic E-state index is 7.59. The van der Waals surface area contributed by atoms with E-state index < -0.39 is 0 Å². The zero-order chi connectivity index (χ0) is 39.0. The highest BCUT2D eigenvalue weighted by atomic mass is 35.5. The lowest BCUT2D eigenvalue weighted by molar-refractivity contribution is 0.590. The van der Waals surface area contributed by atoms with Crippen molar-refractivity contribution in [1.29, 1.82) is 0 Å². The first-order chi connectivity index (χ1) is 25.4. The number of hydrogen-bond acceptors (Lipinski definition) is 3. The fourth-order valence-corrected chi connectivity index (χ4v) is 6.89. The van der Waals surface area contributed by atoms with Crippen molar-refractivity contribution in [3.05, 3.63) is 166 Å². The van der Waals surface area contributed by atoms with Crippen LogP contribution < -0.4 is 15.1 Å². The molecule has 0 radical (unpaired) electrons. The molecular formula is C50H56ClN3. The van der Waals surface area contributed by atoms with Crippen LogP contribution >= 0.6 is 11.6 Å². The van der Waals surface area contributed by atoms with Crippen LogP contribution in [0, 0.1) is 13.8 Å². The molecule has 6 aromatic rings. The lowest BCUT2D eigenvalue weighted by Gasteiger charge is -2.32. The van der Waals surface area contributed by atoms with Crippen molar-refractivity contribution in [2.45, 2.75) is 92.4 Å². The van der Waals surface area contributed by atoms with Gasteiger partial charge < -0.3 is 15.1 Å². The van der Waals surface area contributed by atoms with Crippen LogP contribution in [0.5, 0.6) is 0 Å². The van der Waals surface area contributed by atoms with E-state index in [9.17, 15) is 0 Å². The summed E-state index contributed by atoms with van der Waals surface area (Å²) in [4.78, 5) is 4.63. The van der Waals surface area contributed by atoms with Crippen molar-refractivity contribution in [3.63, 3.8) is 0 Å². The molecule has 0 fully saturated rings. The van der Waals surface area contributed by atoms with Gasteiger partial charge in [0.15, 0.2) is 0 Å². The lowest BCUT2D eigenvalue weighted by atomic mass is 9.86. The summed E-state index contributed by atoms with van der Waals surface area (Å²) in [7, 11) is 0. The Kier molecular flexibility index (Phi) is 10.8. The van der Waals surface area contributed by atoms with Crippen LogP contribution in [-0.2, 0) is 16.2 Å². The van der Waals surface area contributed by atoms with E-state index in [1.807, 2.05) is 0 Å². The summed E-state index contributed by atoms with van der Waals surface area (Å²) in [6, 6.07) is 48.4. The highest BCUT2D eigenvalue weighted by Crippen LogP contribution is 2.47. The lowest BCUT2D eigenvalue weighted by Crippen LogP contribution is -2.17. The number of benzene rings is 6. The summed E-state index contributed by atoms with van der Waals surface area (Å²) in [5.74, 6) is 0. The summed E-state index contributed by atoms with van der Waals surface area (Å²) in [6.45, 7) is 24.5. The van der Waals surface area contributed by atoms with Crippen LogP contribution in [0.3, 0.4) is 0 Å². The number of anilines is 8. The van der Waals surface area contributed by atoms with Gasteiger partial charge in [-0.1, -0.05) is 140 Å². The molecule has 0 aliphatic heterocycles. The minimum atomic E-state index is -0.136. The molecule has 0 atom stereocenters. The zero-order valence-electron chi connectivity index (χ0n) is 34.0. The molecule has 0 spiro atoms. The van der Waals surface area contributed by atoms with Gasteiger partial charge in [0.05, 0.1) is 16.4 Å². The molecule has 0 unspecified atom stereocenters. The van der Waals surface area contributed by atoms with E-state index in [1.165, 1.54) is 27.8 Å². The number of hydrogen-bond donors (Lipinski definition) is 1. The molecule has 1 N–H and O–H groups in total.